The Bertz CT molecular complexity index is 771. The fourth-order valence-electron chi connectivity index (χ4n) is 9.46. The number of rotatable bonds is 9. The van der Waals surface area contributed by atoms with Gasteiger partial charge in [0.15, 0.2) is 0 Å². The molecule has 4 rings (SSSR count). The number of hydrogen-bond acceptors (Lipinski definition) is 3. The third-order valence-electron chi connectivity index (χ3n) is 11.5. The zero-order chi connectivity index (χ0) is 25.9. The molecular weight excluding hydrogens is 444 g/mol. The highest BCUT2D eigenvalue weighted by molar-refractivity contribution is 5.60. The molecule has 36 heavy (non-hydrogen) atoms. The van der Waals surface area contributed by atoms with E-state index >= 15 is 0 Å². The Morgan fingerprint density at radius 2 is 1.83 bits per heavy atom. The molecular formula is C33H56O3. The number of unbranched alkanes of at least 4 members (excludes halogenated alkanes) is 1. The molecule has 0 bridgehead atoms. The van der Waals surface area contributed by atoms with Crippen LogP contribution in [0.5, 0.6) is 0 Å². The maximum Gasteiger partial charge on any atom is 0.508 e. The summed E-state index contributed by atoms with van der Waals surface area (Å²) in [5, 5.41) is 0. The Morgan fingerprint density at radius 3 is 2.58 bits per heavy atom. The zero-order valence-corrected chi connectivity index (χ0v) is 24.5. The molecule has 3 nitrogen and oxygen atoms in total. The fourth-order valence-corrected chi connectivity index (χ4v) is 9.46. The highest BCUT2D eigenvalue weighted by atomic mass is 16.7. The van der Waals surface area contributed by atoms with E-state index in [0.29, 0.717) is 12.0 Å². The van der Waals surface area contributed by atoms with Gasteiger partial charge in [-0.25, -0.2) is 4.79 Å². The minimum Gasteiger partial charge on any atom is -0.434 e. The highest BCUT2D eigenvalue weighted by Crippen LogP contribution is 2.67. The van der Waals surface area contributed by atoms with Crippen LogP contribution in [-0.2, 0) is 9.47 Å². The first-order valence-corrected chi connectivity index (χ1v) is 15.7. The van der Waals surface area contributed by atoms with Crippen molar-refractivity contribution in [1.82, 2.24) is 0 Å². The van der Waals surface area contributed by atoms with Crippen LogP contribution in [0, 0.1) is 46.3 Å². The minimum atomic E-state index is -0.459. The van der Waals surface area contributed by atoms with Crippen LogP contribution < -0.4 is 0 Å². The van der Waals surface area contributed by atoms with Crippen LogP contribution in [0.15, 0.2) is 11.6 Å². The molecule has 0 saturated heterocycles. The third-order valence-corrected chi connectivity index (χ3v) is 11.5. The lowest BCUT2D eigenvalue weighted by Crippen LogP contribution is -2.49. The molecule has 3 heteroatoms. The molecule has 8 atom stereocenters. The van der Waals surface area contributed by atoms with Crippen molar-refractivity contribution in [2.24, 2.45) is 46.3 Å². The van der Waals surface area contributed by atoms with Gasteiger partial charge in [-0.15, -0.1) is 0 Å². The summed E-state index contributed by atoms with van der Waals surface area (Å²) in [5.74, 6) is 5.17. The van der Waals surface area contributed by atoms with Gasteiger partial charge >= 0.3 is 6.16 Å². The van der Waals surface area contributed by atoms with E-state index in [1.165, 1.54) is 57.8 Å². The molecule has 0 radical (unpaired) electrons. The summed E-state index contributed by atoms with van der Waals surface area (Å²) < 4.78 is 11.1. The first-order chi connectivity index (χ1) is 17.2. The fraction of sp³-hybridized carbons (Fsp3) is 0.909. The van der Waals surface area contributed by atoms with Crippen molar-refractivity contribution in [3.05, 3.63) is 11.6 Å². The van der Waals surface area contributed by atoms with Crippen LogP contribution >= 0.6 is 0 Å². The standard InChI is InChI=1S/C33H56O3/c1-7-8-21-35-31(34)36-26-13-10-19-32(5)25(22-26)14-15-27-29-17-16-28(24(4)12-9-11-23(2)3)33(29,6)20-18-30(27)32/h14,23-24,26-30H,7-13,15-22H2,1-6H3. The summed E-state index contributed by atoms with van der Waals surface area (Å²) >= 11 is 0. The predicted octanol–water partition coefficient (Wildman–Crippen LogP) is 9.74. The Balaban J connectivity index is 1.42. The van der Waals surface area contributed by atoms with Gasteiger partial charge in [-0.1, -0.05) is 78.9 Å². The second-order valence-corrected chi connectivity index (χ2v) is 14.1. The molecule has 0 aromatic carbocycles. The van der Waals surface area contributed by atoms with Gasteiger partial charge in [-0.2, -0.15) is 0 Å². The maximum absolute atomic E-state index is 12.2. The van der Waals surface area contributed by atoms with E-state index < -0.39 is 6.16 Å². The molecule has 0 aromatic rings. The largest absolute Gasteiger partial charge is 0.508 e. The van der Waals surface area contributed by atoms with Gasteiger partial charge < -0.3 is 9.47 Å². The van der Waals surface area contributed by atoms with Crippen LogP contribution in [0.2, 0.25) is 0 Å². The van der Waals surface area contributed by atoms with Gasteiger partial charge in [0.2, 0.25) is 0 Å². The summed E-state index contributed by atoms with van der Waals surface area (Å²) in [7, 11) is 0. The summed E-state index contributed by atoms with van der Waals surface area (Å²) in [6, 6.07) is 0. The molecule has 206 valence electrons. The zero-order valence-electron chi connectivity index (χ0n) is 24.5. The van der Waals surface area contributed by atoms with Crippen LogP contribution in [0.25, 0.3) is 0 Å². The van der Waals surface area contributed by atoms with Gasteiger partial charge in [-0.05, 0) is 104 Å². The summed E-state index contributed by atoms with van der Waals surface area (Å²) in [4.78, 5) is 12.2. The smallest absolute Gasteiger partial charge is 0.434 e. The van der Waals surface area contributed by atoms with Crippen LogP contribution in [0.3, 0.4) is 0 Å². The van der Waals surface area contributed by atoms with Crippen molar-refractivity contribution in [1.29, 1.82) is 0 Å². The van der Waals surface area contributed by atoms with E-state index in [4.69, 9.17) is 9.47 Å². The number of hydrogen-bond donors (Lipinski definition) is 0. The lowest BCUT2D eigenvalue weighted by Gasteiger charge is -2.57. The molecule has 3 fully saturated rings. The average molecular weight is 501 g/mol. The second kappa shape index (κ2) is 11.8. The molecule has 8 unspecified atom stereocenters. The number of allylic oxidation sites excluding steroid dienone is 1. The van der Waals surface area contributed by atoms with Crippen molar-refractivity contribution in [2.45, 2.75) is 138 Å². The van der Waals surface area contributed by atoms with Crippen molar-refractivity contribution in [2.75, 3.05) is 6.61 Å². The first-order valence-electron chi connectivity index (χ1n) is 15.7. The van der Waals surface area contributed by atoms with Gasteiger partial charge in [0.25, 0.3) is 0 Å². The van der Waals surface area contributed by atoms with Gasteiger partial charge in [0, 0.05) is 6.42 Å². The molecule has 0 aliphatic heterocycles. The predicted molar refractivity (Wildman–Crippen MR) is 149 cm³/mol. The summed E-state index contributed by atoms with van der Waals surface area (Å²) in [6.45, 7) is 15.1. The quantitative estimate of drug-likeness (QED) is 0.179. The van der Waals surface area contributed by atoms with E-state index in [1.807, 2.05) is 0 Å². The van der Waals surface area contributed by atoms with Crippen LogP contribution in [-0.4, -0.2) is 18.9 Å². The van der Waals surface area contributed by atoms with Crippen molar-refractivity contribution >= 4 is 6.16 Å². The topological polar surface area (TPSA) is 35.5 Å². The Morgan fingerprint density at radius 1 is 1.03 bits per heavy atom. The molecule has 0 amide bonds. The number of carbonyl (C=O) groups excluding carboxylic acids is 1. The van der Waals surface area contributed by atoms with E-state index in [-0.39, 0.29) is 11.5 Å². The van der Waals surface area contributed by atoms with Crippen molar-refractivity contribution in [3.63, 3.8) is 0 Å². The number of ether oxygens (including phenoxy) is 2. The summed E-state index contributed by atoms with van der Waals surface area (Å²) in [5.41, 5.74) is 2.42. The Kier molecular flexibility index (Phi) is 9.20. The number of fused-ring (bicyclic) bond motifs is 5. The second-order valence-electron chi connectivity index (χ2n) is 14.1. The molecule has 0 N–H and O–H groups in total. The lowest BCUT2D eigenvalue weighted by molar-refractivity contribution is -0.0464. The Labute approximate surface area is 222 Å². The highest BCUT2D eigenvalue weighted by Gasteiger charge is 2.58. The van der Waals surface area contributed by atoms with E-state index in [0.717, 1.165) is 67.6 Å². The van der Waals surface area contributed by atoms with Crippen LogP contribution in [0.4, 0.5) is 4.79 Å². The molecule has 0 aromatic heterocycles. The van der Waals surface area contributed by atoms with E-state index in [1.54, 1.807) is 5.57 Å². The van der Waals surface area contributed by atoms with Gasteiger partial charge in [0.05, 0.1) is 6.61 Å². The number of carbonyl (C=O) groups is 1. The first kappa shape index (κ1) is 28.0. The SMILES string of the molecule is CCCCOC(=O)OC1CCCC2(C)C(=CCC3C2CCC2(C)C(C(C)CCCC(C)C)CCC32)C1. The average Bonchev–Trinajstić information content (AvgIpc) is 3.08. The normalized spacial score (nSPS) is 38.9. The Hall–Kier alpha value is -0.990. The lowest BCUT2D eigenvalue weighted by atomic mass is 9.48. The molecule has 4 aliphatic rings. The van der Waals surface area contributed by atoms with E-state index in [2.05, 4.69) is 47.6 Å². The van der Waals surface area contributed by atoms with E-state index in [9.17, 15) is 4.79 Å². The van der Waals surface area contributed by atoms with Gasteiger partial charge in [0.1, 0.15) is 6.10 Å². The summed E-state index contributed by atoms with van der Waals surface area (Å²) in [6.07, 6.45) is 19.5. The van der Waals surface area contributed by atoms with Crippen LogP contribution in [0.1, 0.15) is 131 Å². The molecule has 0 heterocycles. The monoisotopic (exact) mass is 500 g/mol. The maximum atomic E-state index is 12.2. The molecule has 4 aliphatic carbocycles. The third kappa shape index (κ3) is 5.70. The molecule has 0 spiro atoms. The van der Waals surface area contributed by atoms with Crippen molar-refractivity contribution in [3.8, 4) is 0 Å². The van der Waals surface area contributed by atoms with Gasteiger partial charge in [-0.3, -0.25) is 0 Å². The molecule has 3 saturated carbocycles. The van der Waals surface area contributed by atoms with Crippen molar-refractivity contribution < 1.29 is 14.3 Å². The minimum absolute atomic E-state index is 0.0137.